The van der Waals surface area contributed by atoms with E-state index >= 15 is 0 Å². The number of hydrogen-bond acceptors (Lipinski definition) is 6. The summed E-state index contributed by atoms with van der Waals surface area (Å²) >= 11 is 0. The van der Waals surface area contributed by atoms with Gasteiger partial charge in [-0.25, -0.2) is 10.5 Å². The molecule has 0 aliphatic carbocycles. The maximum absolute atomic E-state index is 12.5. The molecule has 2 N–H and O–H groups in total. The first kappa shape index (κ1) is 21.6. The third-order valence-corrected chi connectivity index (χ3v) is 4.95. The quantitative estimate of drug-likeness (QED) is 0.317. The number of amides is 1. The van der Waals surface area contributed by atoms with Crippen LogP contribution in [-0.4, -0.2) is 64.9 Å². The van der Waals surface area contributed by atoms with Gasteiger partial charge in [-0.3, -0.25) is 19.7 Å². The van der Waals surface area contributed by atoms with Crippen LogP contribution in [0.25, 0.3) is 12.2 Å². The lowest BCUT2D eigenvalue weighted by atomic mass is 10.1. The van der Waals surface area contributed by atoms with Gasteiger partial charge in [0.1, 0.15) is 0 Å². The summed E-state index contributed by atoms with van der Waals surface area (Å²) < 4.78 is 0. The Kier molecular flexibility index (Phi) is 7.62. The number of benzene rings is 1. The molecule has 156 valence electrons. The summed E-state index contributed by atoms with van der Waals surface area (Å²) in [6, 6.07) is 13.0. The number of allylic oxidation sites excluding steroid dienone is 1. The number of carbonyl (C=O) groups is 2. The standard InChI is InChI=1S/C23H26N4O3/c1-26-13-15-27(16-14-26)17-18-5-7-19(8-6-18)22(28)11-9-20-3-2-4-21(24-20)10-12-23(29)25-30/h2-12,30H,13-17H2,1H3,(H,25,29)/b11-9+,12-10+. The van der Waals surface area contributed by atoms with E-state index in [4.69, 9.17) is 5.21 Å². The molecular formula is C23H26N4O3. The number of rotatable bonds is 7. The van der Waals surface area contributed by atoms with E-state index in [9.17, 15) is 9.59 Å². The fourth-order valence-corrected chi connectivity index (χ4v) is 3.15. The first-order valence-electron chi connectivity index (χ1n) is 9.85. The first-order chi connectivity index (χ1) is 14.5. The Morgan fingerprint density at radius 3 is 2.27 bits per heavy atom. The number of pyridine rings is 1. The van der Waals surface area contributed by atoms with E-state index in [0.717, 1.165) is 32.7 Å². The SMILES string of the molecule is CN1CCN(Cc2ccc(C(=O)/C=C/c3cccc(/C=C/C(=O)NO)n3)cc2)CC1. The molecule has 1 aliphatic heterocycles. The third kappa shape index (κ3) is 6.45. The van der Waals surface area contributed by atoms with Crippen LogP contribution < -0.4 is 5.48 Å². The van der Waals surface area contributed by atoms with Gasteiger partial charge in [-0.2, -0.15) is 0 Å². The lowest BCUT2D eigenvalue weighted by Crippen LogP contribution is -2.43. The van der Waals surface area contributed by atoms with Crippen molar-refractivity contribution in [3.05, 3.63) is 77.1 Å². The molecule has 1 fully saturated rings. The van der Waals surface area contributed by atoms with E-state index in [1.165, 1.54) is 29.3 Å². The summed E-state index contributed by atoms with van der Waals surface area (Å²) in [5.74, 6) is -0.729. The minimum Gasteiger partial charge on any atom is -0.304 e. The van der Waals surface area contributed by atoms with E-state index in [0.29, 0.717) is 17.0 Å². The van der Waals surface area contributed by atoms with Gasteiger partial charge in [-0.15, -0.1) is 0 Å². The molecule has 0 unspecified atom stereocenters. The maximum atomic E-state index is 12.5. The second kappa shape index (κ2) is 10.6. The van der Waals surface area contributed by atoms with Gasteiger partial charge in [-0.05, 0) is 43.0 Å². The predicted octanol–water partition coefficient (Wildman–Crippen LogP) is 2.24. The van der Waals surface area contributed by atoms with Crippen molar-refractivity contribution in [3.8, 4) is 0 Å². The monoisotopic (exact) mass is 406 g/mol. The lowest BCUT2D eigenvalue weighted by molar-refractivity contribution is -0.124. The number of ketones is 1. The molecule has 3 rings (SSSR count). The minimum atomic E-state index is -0.635. The van der Waals surface area contributed by atoms with E-state index < -0.39 is 5.91 Å². The molecule has 2 heterocycles. The van der Waals surface area contributed by atoms with Gasteiger partial charge in [0.2, 0.25) is 0 Å². The van der Waals surface area contributed by atoms with E-state index in [2.05, 4.69) is 21.8 Å². The Labute approximate surface area is 176 Å². The van der Waals surface area contributed by atoms with Gasteiger partial charge in [0.25, 0.3) is 5.91 Å². The Morgan fingerprint density at radius 2 is 1.63 bits per heavy atom. The van der Waals surface area contributed by atoms with Crippen molar-refractivity contribution in [2.24, 2.45) is 0 Å². The van der Waals surface area contributed by atoms with Gasteiger partial charge in [0, 0.05) is 44.4 Å². The zero-order valence-corrected chi connectivity index (χ0v) is 17.0. The highest BCUT2D eigenvalue weighted by atomic mass is 16.5. The molecule has 30 heavy (non-hydrogen) atoms. The van der Waals surface area contributed by atoms with E-state index in [1.807, 2.05) is 24.3 Å². The van der Waals surface area contributed by atoms with Crippen molar-refractivity contribution in [2.45, 2.75) is 6.54 Å². The van der Waals surface area contributed by atoms with Crippen LogP contribution >= 0.6 is 0 Å². The zero-order chi connectivity index (χ0) is 21.3. The molecule has 0 bridgehead atoms. The van der Waals surface area contributed by atoms with Crippen molar-refractivity contribution in [2.75, 3.05) is 33.2 Å². The number of piperazine rings is 1. The number of aromatic nitrogens is 1. The number of carbonyl (C=O) groups excluding carboxylic acids is 2. The molecule has 7 heteroatoms. The summed E-state index contributed by atoms with van der Waals surface area (Å²) in [5.41, 5.74) is 4.49. The van der Waals surface area contributed by atoms with Crippen LogP contribution in [0.1, 0.15) is 27.3 Å². The average molecular weight is 406 g/mol. The second-order valence-corrected chi connectivity index (χ2v) is 7.27. The van der Waals surface area contributed by atoms with Gasteiger partial charge in [0.05, 0.1) is 11.4 Å². The summed E-state index contributed by atoms with van der Waals surface area (Å²) in [4.78, 5) is 32.6. The molecule has 7 nitrogen and oxygen atoms in total. The fourth-order valence-electron chi connectivity index (χ4n) is 3.15. The van der Waals surface area contributed by atoms with Gasteiger partial charge < -0.3 is 4.90 Å². The summed E-state index contributed by atoms with van der Waals surface area (Å²) in [5, 5.41) is 8.51. The minimum absolute atomic E-state index is 0.0939. The van der Waals surface area contributed by atoms with Gasteiger partial charge >= 0.3 is 0 Å². The summed E-state index contributed by atoms with van der Waals surface area (Å²) in [6.07, 6.45) is 5.78. The number of nitrogens with zero attached hydrogens (tertiary/aromatic N) is 3. The topological polar surface area (TPSA) is 85.8 Å². The molecule has 2 aromatic rings. The molecule has 1 aromatic carbocycles. The Hall–Kier alpha value is -3.13. The smallest absolute Gasteiger partial charge is 0.267 e. The van der Waals surface area contributed by atoms with Crippen LogP contribution in [0, 0.1) is 0 Å². The Morgan fingerprint density at radius 1 is 1.00 bits per heavy atom. The molecule has 1 amide bonds. The molecule has 1 aromatic heterocycles. The summed E-state index contributed by atoms with van der Waals surface area (Å²) in [7, 11) is 2.14. The highest BCUT2D eigenvalue weighted by Gasteiger charge is 2.13. The highest BCUT2D eigenvalue weighted by Crippen LogP contribution is 2.11. The van der Waals surface area contributed by atoms with Crippen molar-refractivity contribution in [1.82, 2.24) is 20.3 Å². The predicted molar refractivity (Wildman–Crippen MR) is 116 cm³/mol. The number of hydroxylamine groups is 1. The van der Waals surface area contributed by atoms with Crippen molar-refractivity contribution in [1.29, 1.82) is 0 Å². The third-order valence-electron chi connectivity index (χ3n) is 4.95. The van der Waals surface area contributed by atoms with Gasteiger partial charge in [0.15, 0.2) is 5.78 Å². The molecular weight excluding hydrogens is 380 g/mol. The van der Waals surface area contributed by atoms with Crippen LogP contribution in [0.3, 0.4) is 0 Å². The van der Waals surface area contributed by atoms with E-state index in [1.54, 1.807) is 24.3 Å². The fraction of sp³-hybridized carbons (Fsp3) is 0.261. The molecule has 0 radical (unpaired) electrons. The van der Waals surface area contributed by atoms with Crippen molar-refractivity contribution in [3.63, 3.8) is 0 Å². The number of likely N-dealkylation sites (N-methyl/N-ethyl adjacent to an activating group) is 1. The molecule has 1 saturated heterocycles. The van der Waals surface area contributed by atoms with Crippen LogP contribution in [0.2, 0.25) is 0 Å². The largest absolute Gasteiger partial charge is 0.304 e. The molecule has 0 atom stereocenters. The first-order valence-corrected chi connectivity index (χ1v) is 9.85. The van der Waals surface area contributed by atoms with Crippen LogP contribution in [0.4, 0.5) is 0 Å². The molecule has 1 aliphatic rings. The Bertz CT molecular complexity index is 930. The average Bonchev–Trinajstić information content (AvgIpc) is 2.78. The molecule has 0 saturated carbocycles. The van der Waals surface area contributed by atoms with Crippen LogP contribution in [-0.2, 0) is 11.3 Å². The zero-order valence-electron chi connectivity index (χ0n) is 17.0. The highest BCUT2D eigenvalue weighted by molar-refractivity contribution is 6.06. The number of hydrogen-bond donors (Lipinski definition) is 2. The van der Waals surface area contributed by atoms with Crippen LogP contribution in [0.15, 0.2) is 54.6 Å². The lowest BCUT2D eigenvalue weighted by Gasteiger charge is -2.32. The number of nitrogens with one attached hydrogen (secondary N) is 1. The maximum Gasteiger partial charge on any atom is 0.267 e. The van der Waals surface area contributed by atoms with Crippen molar-refractivity contribution >= 4 is 23.8 Å². The summed E-state index contributed by atoms with van der Waals surface area (Å²) in [6.45, 7) is 5.19. The van der Waals surface area contributed by atoms with Crippen molar-refractivity contribution < 1.29 is 14.8 Å². The molecule has 0 spiro atoms. The van der Waals surface area contributed by atoms with E-state index in [-0.39, 0.29) is 5.78 Å². The van der Waals surface area contributed by atoms with Crippen LogP contribution in [0.5, 0.6) is 0 Å². The normalized spacial score (nSPS) is 15.7. The van der Waals surface area contributed by atoms with Gasteiger partial charge in [-0.1, -0.05) is 30.3 Å². The Balaban J connectivity index is 1.58. The second-order valence-electron chi connectivity index (χ2n) is 7.27.